The van der Waals surface area contributed by atoms with Crippen molar-refractivity contribution < 1.29 is 0 Å². The van der Waals surface area contributed by atoms with Gasteiger partial charge >= 0.3 is 0 Å². The molecule has 2 N–H and O–H groups in total. The van der Waals surface area contributed by atoms with Gasteiger partial charge in [0.15, 0.2) is 0 Å². The van der Waals surface area contributed by atoms with Crippen LogP contribution in [0.1, 0.15) is 45.2 Å². The zero-order chi connectivity index (χ0) is 13.3. The standard InChI is InChI=1S/C14H26N4/c1-5-14(6-2)7-9-18(10-8-14)13-12(15)11(3)16-17(13)4/h5-10,15H2,1-4H3. The summed E-state index contributed by atoms with van der Waals surface area (Å²) in [5.74, 6) is 1.10. The summed E-state index contributed by atoms with van der Waals surface area (Å²) in [6.45, 7) is 8.82. The summed E-state index contributed by atoms with van der Waals surface area (Å²) in [4.78, 5) is 2.40. The molecule has 1 saturated heterocycles. The maximum Gasteiger partial charge on any atom is 0.150 e. The van der Waals surface area contributed by atoms with Gasteiger partial charge in [-0.2, -0.15) is 5.10 Å². The van der Waals surface area contributed by atoms with Crippen molar-refractivity contribution in [3.05, 3.63) is 5.69 Å². The Bertz CT molecular complexity index is 408. The van der Waals surface area contributed by atoms with E-state index >= 15 is 0 Å². The highest BCUT2D eigenvalue weighted by atomic mass is 15.4. The van der Waals surface area contributed by atoms with Gasteiger partial charge < -0.3 is 10.6 Å². The summed E-state index contributed by atoms with van der Waals surface area (Å²) in [7, 11) is 1.99. The SMILES string of the molecule is CCC1(CC)CCN(c2c(N)c(C)nn2C)CC1. The third-order valence-corrected chi connectivity index (χ3v) is 4.86. The number of nitrogens with zero attached hydrogens (tertiary/aromatic N) is 3. The number of piperidine rings is 1. The molecule has 1 aromatic heterocycles. The Morgan fingerprint density at radius 3 is 2.17 bits per heavy atom. The van der Waals surface area contributed by atoms with Crippen molar-refractivity contribution in [3.63, 3.8) is 0 Å². The van der Waals surface area contributed by atoms with Crippen LogP contribution >= 0.6 is 0 Å². The van der Waals surface area contributed by atoms with Crippen LogP contribution in [0.5, 0.6) is 0 Å². The van der Waals surface area contributed by atoms with Crippen LogP contribution in [0, 0.1) is 12.3 Å². The fraction of sp³-hybridized carbons (Fsp3) is 0.786. The quantitative estimate of drug-likeness (QED) is 0.897. The second kappa shape index (κ2) is 4.82. The van der Waals surface area contributed by atoms with Crippen molar-refractivity contribution in [2.24, 2.45) is 12.5 Å². The molecule has 0 unspecified atom stereocenters. The monoisotopic (exact) mass is 250 g/mol. The molecule has 0 aromatic carbocycles. The topological polar surface area (TPSA) is 47.1 Å². The first-order valence-corrected chi connectivity index (χ1v) is 7.07. The predicted molar refractivity (Wildman–Crippen MR) is 76.8 cm³/mol. The highest BCUT2D eigenvalue weighted by Gasteiger charge is 2.32. The number of nitrogen functional groups attached to an aromatic ring is 1. The summed E-state index contributed by atoms with van der Waals surface area (Å²) in [5.41, 5.74) is 8.48. The van der Waals surface area contributed by atoms with E-state index in [4.69, 9.17) is 5.73 Å². The Kier molecular flexibility index (Phi) is 3.55. The van der Waals surface area contributed by atoms with Gasteiger partial charge in [0.05, 0.1) is 11.4 Å². The number of rotatable bonds is 3. The van der Waals surface area contributed by atoms with Gasteiger partial charge in [0, 0.05) is 20.1 Å². The van der Waals surface area contributed by atoms with Gasteiger partial charge in [0.2, 0.25) is 0 Å². The van der Waals surface area contributed by atoms with E-state index in [1.165, 1.54) is 25.7 Å². The molecule has 0 bridgehead atoms. The Balaban J connectivity index is 2.14. The maximum atomic E-state index is 6.14. The van der Waals surface area contributed by atoms with E-state index in [1.807, 2.05) is 18.7 Å². The zero-order valence-electron chi connectivity index (χ0n) is 12.2. The fourth-order valence-corrected chi connectivity index (χ4v) is 3.19. The van der Waals surface area contributed by atoms with Crippen LogP contribution in [0.3, 0.4) is 0 Å². The summed E-state index contributed by atoms with van der Waals surface area (Å²) in [5, 5.41) is 4.41. The molecule has 0 saturated carbocycles. The van der Waals surface area contributed by atoms with Crippen LogP contribution in [-0.4, -0.2) is 22.9 Å². The first kappa shape index (κ1) is 13.2. The van der Waals surface area contributed by atoms with Crippen LogP contribution in [0.4, 0.5) is 11.5 Å². The number of hydrogen-bond acceptors (Lipinski definition) is 3. The molecule has 1 aromatic rings. The Morgan fingerprint density at radius 1 is 1.22 bits per heavy atom. The molecule has 18 heavy (non-hydrogen) atoms. The van der Waals surface area contributed by atoms with Gasteiger partial charge in [-0.05, 0) is 25.2 Å². The molecule has 4 heteroatoms. The largest absolute Gasteiger partial charge is 0.394 e. The summed E-state index contributed by atoms with van der Waals surface area (Å²) < 4.78 is 1.93. The van der Waals surface area contributed by atoms with Crippen molar-refractivity contribution >= 4 is 11.5 Å². The molecular formula is C14H26N4. The number of nitrogens with two attached hydrogens (primary N) is 1. The second-order valence-electron chi connectivity index (χ2n) is 5.64. The first-order valence-electron chi connectivity index (χ1n) is 7.07. The molecule has 0 amide bonds. The smallest absolute Gasteiger partial charge is 0.150 e. The zero-order valence-corrected chi connectivity index (χ0v) is 12.2. The average Bonchev–Trinajstić information content (AvgIpc) is 2.64. The normalized spacial score (nSPS) is 19.2. The Labute approximate surface area is 110 Å². The number of aryl methyl sites for hydroxylation is 2. The van der Waals surface area contributed by atoms with Crippen LogP contribution in [0.15, 0.2) is 0 Å². The lowest BCUT2D eigenvalue weighted by atomic mass is 9.74. The minimum absolute atomic E-state index is 0.554. The number of hydrogen-bond donors (Lipinski definition) is 1. The van der Waals surface area contributed by atoms with E-state index < -0.39 is 0 Å². The molecule has 2 rings (SSSR count). The van der Waals surface area contributed by atoms with E-state index in [2.05, 4.69) is 23.8 Å². The van der Waals surface area contributed by atoms with E-state index in [0.717, 1.165) is 30.3 Å². The van der Waals surface area contributed by atoms with Crippen molar-refractivity contribution in [3.8, 4) is 0 Å². The lowest BCUT2D eigenvalue weighted by Crippen LogP contribution is -2.40. The summed E-state index contributed by atoms with van der Waals surface area (Å²) in [6, 6.07) is 0. The van der Waals surface area contributed by atoms with Crippen LogP contribution < -0.4 is 10.6 Å². The summed E-state index contributed by atoms with van der Waals surface area (Å²) >= 11 is 0. The lowest BCUT2D eigenvalue weighted by Gasteiger charge is -2.41. The molecule has 0 radical (unpaired) electrons. The first-order chi connectivity index (χ1) is 8.53. The minimum Gasteiger partial charge on any atom is -0.394 e. The van der Waals surface area contributed by atoms with Crippen LogP contribution in [-0.2, 0) is 7.05 Å². The molecule has 4 nitrogen and oxygen atoms in total. The van der Waals surface area contributed by atoms with E-state index in [9.17, 15) is 0 Å². The van der Waals surface area contributed by atoms with Gasteiger partial charge in [0.25, 0.3) is 0 Å². The molecule has 0 aliphatic carbocycles. The molecule has 102 valence electrons. The second-order valence-corrected chi connectivity index (χ2v) is 5.64. The fourth-order valence-electron chi connectivity index (χ4n) is 3.19. The average molecular weight is 250 g/mol. The third-order valence-electron chi connectivity index (χ3n) is 4.86. The van der Waals surface area contributed by atoms with Crippen molar-refractivity contribution in [1.29, 1.82) is 0 Å². The maximum absolute atomic E-state index is 6.14. The molecular weight excluding hydrogens is 224 g/mol. The molecule has 1 fully saturated rings. The highest BCUT2D eigenvalue weighted by Crippen LogP contribution is 2.40. The molecule has 2 heterocycles. The molecule has 1 aliphatic rings. The van der Waals surface area contributed by atoms with Crippen LogP contribution in [0.25, 0.3) is 0 Å². The Morgan fingerprint density at radius 2 is 1.78 bits per heavy atom. The van der Waals surface area contributed by atoms with Gasteiger partial charge in [-0.3, -0.25) is 4.68 Å². The van der Waals surface area contributed by atoms with Gasteiger partial charge in [-0.1, -0.05) is 26.7 Å². The minimum atomic E-state index is 0.554. The van der Waals surface area contributed by atoms with Crippen LogP contribution in [0.2, 0.25) is 0 Å². The van der Waals surface area contributed by atoms with E-state index in [1.54, 1.807) is 0 Å². The molecule has 0 atom stereocenters. The van der Waals surface area contributed by atoms with Gasteiger partial charge in [-0.15, -0.1) is 0 Å². The van der Waals surface area contributed by atoms with E-state index in [0.29, 0.717) is 5.41 Å². The van der Waals surface area contributed by atoms with Gasteiger partial charge in [-0.25, -0.2) is 0 Å². The molecule has 0 spiro atoms. The van der Waals surface area contributed by atoms with Crippen molar-refractivity contribution in [1.82, 2.24) is 9.78 Å². The lowest BCUT2D eigenvalue weighted by molar-refractivity contribution is 0.199. The molecule has 1 aliphatic heterocycles. The van der Waals surface area contributed by atoms with E-state index in [-0.39, 0.29) is 0 Å². The van der Waals surface area contributed by atoms with Gasteiger partial charge in [0.1, 0.15) is 5.82 Å². The number of aromatic nitrogens is 2. The van der Waals surface area contributed by atoms with Crippen molar-refractivity contribution in [2.75, 3.05) is 23.7 Å². The summed E-state index contributed by atoms with van der Waals surface area (Å²) in [6.07, 6.45) is 5.11. The highest BCUT2D eigenvalue weighted by molar-refractivity contribution is 5.66. The number of anilines is 2. The van der Waals surface area contributed by atoms with Crippen molar-refractivity contribution in [2.45, 2.75) is 46.5 Å². The third kappa shape index (κ3) is 2.08. The predicted octanol–water partition coefficient (Wildman–Crippen LogP) is 2.72. The Hall–Kier alpha value is -1.19.